The first-order valence-corrected chi connectivity index (χ1v) is 6.94. The topological polar surface area (TPSA) is 51.4 Å². The lowest BCUT2D eigenvalue weighted by Gasteiger charge is -2.23. The average Bonchev–Trinajstić information content (AvgIpc) is 2.88. The molecule has 0 spiro atoms. The maximum Gasteiger partial charge on any atom is 0.128 e. The van der Waals surface area contributed by atoms with Gasteiger partial charge in [-0.25, -0.2) is 4.39 Å². The number of ether oxygens (including phenoxy) is 1. The van der Waals surface area contributed by atoms with Gasteiger partial charge >= 0.3 is 0 Å². The molecule has 5 heteroatoms. The highest BCUT2D eigenvalue weighted by Crippen LogP contribution is 2.40. The third-order valence-corrected chi connectivity index (χ3v) is 3.93. The molecule has 0 saturated heterocycles. The minimum absolute atomic E-state index is 0.142. The van der Waals surface area contributed by atoms with Crippen LogP contribution >= 0.6 is 0 Å². The van der Waals surface area contributed by atoms with E-state index in [1.54, 1.807) is 19.4 Å². The lowest BCUT2D eigenvalue weighted by Crippen LogP contribution is -2.28. The fourth-order valence-electron chi connectivity index (χ4n) is 2.96. The van der Waals surface area contributed by atoms with Gasteiger partial charge in [0.15, 0.2) is 0 Å². The van der Waals surface area contributed by atoms with Gasteiger partial charge in [-0.05, 0) is 24.3 Å². The number of nitrogens with zero attached hydrogens (tertiary/aromatic N) is 2. The second kappa shape index (κ2) is 5.79. The van der Waals surface area contributed by atoms with E-state index in [9.17, 15) is 4.39 Å². The van der Waals surface area contributed by atoms with Crippen LogP contribution in [0.4, 0.5) is 4.39 Å². The van der Waals surface area contributed by atoms with Gasteiger partial charge < -0.3 is 10.5 Å². The monoisotopic (exact) mass is 287 g/mol. The van der Waals surface area contributed by atoms with E-state index in [1.807, 2.05) is 18.2 Å². The Morgan fingerprint density at radius 1 is 1.38 bits per heavy atom. The van der Waals surface area contributed by atoms with E-state index in [-0.39, 0.29) is 11.9 Å². The molecule has 1 unspecified atom stereocenters. The molecule has 3 rings (SSSR count). The van der Waals surface area contributed by atoms with E-state index in [0.717, 1.165) is 11.3 Å². The van der Waals surface area contributed by atoms with Crippen molar-refractivity contribution in [3.05, 3.63) is 59.2 Å². The smallest absolute Gasteiger partial charge is 0.128 e. The molecule has 4 nitrogen and oxygen atoms in total. The standard InChI is InChI=1S/C16H18FN3O/c1-21-15-6-5-13(17)16-12(15)10-20(14(16)8-18)9-11-4-2-3-7-19-11/h2-7,14H,8-10,18H2,1H3. The minimum Gasteiger partial charge on any atom is -0.496 e. The van der Waals surface area contributed by atoms with Gasteiger partial charge in [0.05, 0.1) is 18.8 Å². The Balaban J connectivity index is 1.94. The van der Waals surface area contributed by atoms with Crippen LogP contribution in [0.1, 0.15) is 22.9 Å². The van der Waals surface area contributed by atoms with Gasteiger partial charge in [0.1, 0.15) is 11.6 Å². The van der Waals surface area contributed by atoms with Crippen LogP contribution in [0.25, 0.3) is 0 Å². The summed E-state index contributed by atoms with van der Waals surface area (Å²) in [6.07, 6.45) is 1.76. The number of hydrogen-bond donors (Lipinski definition) is 1. The number of methoxy groups -OCH3 is 1. The van der Waals surface area contributed by atoms with E-state index in [0.29, 0.717) is 30.9 Å². The fraction of sp³-hybridized carbons (Fsp3) is 0.312. The lowest BCUT2D eigenvalue weighted by molar-refractivity contribution is 0.205. The molecule has 1 aliphatic heterocycles. The zero-order valence-corrected chi connectivity index (χ0v) is 11.9. The normalized spacial score (nSPS) is 17.8. The Kier molecular flexibility index (Phi) is 3.86. The first-order valence-electron chi connectivity index (χ1n) is 6.94. The Morgan fingerprint density at radius 2 is 2.24 bits per heavy atom. The van der Waals surface area contributed by atoms with E-state index >= 15 is 0 Å². The van der Waals surface area contributed by atoms with Crippen molar-refractivity contribution in [1.82, 2.24) is 9.88 Å². The predicted octanol–water partition coefficient (Wildman–Crippen LogP) is 2.24. The summed E-state index contributed by atoms with van der Waals surface area (Å²) in [7, 11) is 1.60. The van der Waals surface area contributed by atoms with Crippen LogP contribution in [0.5, 0.6) is 5.75 Å². The van der Waals surface area contributed by atoms with Gasteiger partial charge in [-0.15, -0.1) is 0 Å². The number of benzene rings is 1. The molecule has 110 valence electrons. The summed E-state index contributed by atoms with van der Waals surface area (Å²) >= 11 is 0. The minimum atomic E-state index is -0.218. The van der Waals surface area contributed by atoms with Gasteiger partial charge in [-0.1, -0.05) is 6.07 Å². The molecule has 21 heavy (non-hydrogen) atoms. The van der Waals surface area contributed by atoms with Crippen molar-refractivity contribution in [2.45, 2.75) is 19.1 Å². The number of aromatic nitrogens is 1. The third-order valence-electron chi connectivity index (χ3n) is 3.93. The van der Waals surface area contributed by atoms with E-state index < -0.39 is 0 Å². The number of pyridine rings is 1. The van der Waals surface area contributed by atoms with Crippen LogP contribution in [0.2, 0.25) is 0 Å². The molecule has 2 heterocycles. The molecule has 0 saturated carbocycles. The van der Waals surface area contributed by atoms with E-state index in [4.69, 9.17) is 10.5 Å². The number of hydrogen-bond acceptors (Lipinski definition) is 4. The SMILES string of the molecule is COc1ccc(F)c2c1CN(Cc1ccccn1)C2CN. The summed E-state index contributed by atoms with van der Waals surface area (Å²) < 4.78 is 19.6. The maximum atomic E-state index is 14.2. The second-order valence-electron chi connectivity index (χ2n) is 5.12. The van der Waals surface area contributed by atoms with Crippen molar-refractivity contribution in [2.24, 2.45) is 5.73 Å². The molecule has 1 aromatic heterocycles. The van der Waals surface area contributed by atoms with E-state index in [2.05, 4.69) is 9.88 Å². The van der Waals surface area contributed by atoms with Crippen molar-refractivity contribution in [1.29, 1.82) is 0 Å². The summed E-state index contributed by atoms with van der Waals surface area (Å²) in [6, 6.07) is 8.77. The quantitative estimate of drug-likeness (QED) is 0.937. The molecule has 0 bridgehead atoms. The van der Waals surface area contributed by atoms with Gasteiger partial charge in [0.25, 0.3) is 0 Å². The first-order chi connectivity index (χ1) is 10.2. The molecular weight excluding hydrogens is 269 g/mol. The van der Waals surface area contributed by atoms with Crippen molar-refractivity contribution in [3.8, 4) is 5.75 Å². The molecule has 2 N–H and O–H groups in total. The molecule has 0 fully saturated rings. The van der Waals surface area contributed by atoms with Crippen molar-refractivity contribution < 1.29 is 9.13 Å². The second-order valence-corrected chi connectivity index (χ2v) is 5.12. The van der Waals surface area contributed by atoms with Crippen LogP contribution in [0, 0.1) is 5.82 Å². The van der Waals surface area contributed by atoms with Crippen LogP contribution in [-0.4, -0.2) is 23.5 Å². The Hall–Kier alpha value is -1.98. The van der Waals surface area contributed by atoms with Crippen molar-refractivity contribution >= 4 is 0 Å². The largest absolute Gasteiger partial charge is 0.496 e. The third kappa shape index (κ3) is 2.50. The van der Waals surface area contributed by atoms with Crippen LogP contribution in [0.3, 0.4) is 0 Å². The lowest BCUT2D eigenvalue weighted by atomic mass is 10.0. The summed E-state index contributed by atoms with van der Waals surface area (Å²) in [5, 5.41) is 0. The zero-order valence-electron chi connectivity index (χ0n) is 11.9. The molecule has 2 aromatic rings. The summed E-state index contributed by atoms with van der Waals surface area (Å²) in [5.41, 5.74) is 8.38. The molecular formula is C16H18FN3O. The van der Waals surface area contributed by atoms with Gasteiger partial charge in [-0.2, -0.15) is 0 Å². The maximum absolute atomic E-state index is 14.2. The molecule has 1 atom stereocenters. The zero-order chi connectivity index (χ0) is 14.8. The molecule has 1 aliphatic rings. The average molecular weight is 287 g/mol. The van der Waals surface area contributed by atoms with Crippen LogP contribution in [0.15, 0.2) is 36.5 Å². The molecule has 1 aromatic carbocycles. The summed E-state index contributed by atoms with van der Waals surface area (Å²) in [6.45, 7) is 1.62. The Labute approximate surface area is 123 Å². The van der Waals surface area contributed by atoms with Crippen LogP contribution in [-0.2, 0) is 13.1 Å². The predicted molar refractivity (Wildman–Crippen MR) is 78.2 cm³/mol. The van der Waals surface area contributed by atoms with Gasteiger partial charge in [0.2, 0.25) is 0 Å². The Morgan fingerprint density at radius 3 is 2.90 bits per heavy atom. The van der Waals surface area contributed by atoms with E-state index in [1.165, 1.54) is 6.07 Å². The Bertz CT molecular complexity index is 633. The fourth-order valence-corrected chi connectivity index (χ4v) is 2.96. The number of rotatable bonds is 4. The molecule has 0 amide bonds. The van der Waals surface area contributed by atoms with Crippen molar-refractivity contribution in [2.75, 3.05) is 13.7 Å². The van der Waals surface area contributed by atoms with Gasteiger partial charge in [-0.3, -0.25) is 9.88 Å². The number of nitrogens with two attached hydrogens (primary N) is 1. The summed E-state index contributed by atoms with van der Waals surface area (Å²) in [4.78, 5) is 6.47. The molecule has 0 aliphatic carbocycles. The summed E-state index contributed by atoms with van der Waals surface area (Å²) in [5.74, 6) is 0.498. The number of fused-ring (bicyclic) bond motifs is 1. The highest BCUT2D eigenvalue weighted by molar-refractivity contribution is 5.46. The first kappa shape index (κ1) is 14.0. The highest BCUT2D eigenvalue weighted by atomic mass is 19.1. The molecule has 0 radical (unpaired) electrons. The van der Waals surface area contributed by atoms with Gasteiger partial charge in [0, 0.05) is 37.0 Å². The number of halogens is 1. The van der Waals surface area contributed by atoms with Crippen LogP contribution < -0.4 is 10.5 Å². The van der Waals surface area contributed by atoms with Crippen molar-refractivity contribution in [3.63, 3.8) is 0 Å². The highest BCUT2D eigenvalue weighted by Gasteiger charge is 2.34.